The fourth-order valence-corrected chi connectivity index (χ4v) is 3.63. The predicted octanol–water partition coefficient (Wildman–Crippen LogP) is 2.59. The minimum Gasteiger partial charge on any atom is -0.357 e. The average molecular weight is 377 g/mol. The maximum absolute atomic E-state index is 12.7. The number of likely N-dealkylation sites (N-methyl/N-ethyl adjacent to an activating group) is 1. The maximum atomic E-state index is 12.7. The van der Waals surface area contributed by atoms with Crippen molar-refractivity contribution >= 4 is 11.7 Å². The molecule has 0 aliphatic carbocycles. The molecule has 1 aliphatic heterocycles. The van der Waals surface area contributed by atoms with Gasteiger partial charge in [-0.25, -0.2) is 4.98 Å². The molecule has 1 saturated heterocycles. The van der Waals surface area contributed by atoms with Gasteiger partial charge in [0.05, 0.1) is 11.6 Å². The third kappa shape index (κ3) is 4.87. The third-order valence-corrected chi connectivity index (χ3v) is 5.34. The van der Waals surface area contributed by atoms with E-state index in [1.54, 1.807) is 12.3 Å². The molecule has 1 aromatic heterocycles. The Labute approximate surface area is 166 Å². The predicted molar refractivity (Wildman–Crippen MR) is 110 cm³/mol. The first-order valence-electron chi connectivity index (χ1n) is 9.68. The summed E-state index contributed by atoms with van der Waals surface area (Å²) < 4.78 is 0. The Kier molecular flexibility index (Phi) is 6.62. The number of nitrogens with zero attached hydrogens (tertiary/aromatic N) is 4. The van der Waals surface area contributed by atoms with E-state index in [2.05, 4.69) is 38.3 Å². The Hall–Kier alpha value is -2.91. The number of aromatic nitrogens is 1. The van der Waals surface area contributed by atoms with Crippen molar-refractivity contribution in [2.75, 3.05) is 38.6 Å². The van der Waals surface area contributed by atoms with Crippen molar-refractivity contribution in [2.45, 2.75) is 18.9 Å². The third-order valence-electron chi connectivity index (χ3n) is 5.34. The van der Waals surface area contributed by atoms with E-state index >= 15 is 0 Å². The largest absolute Gasteiger partial charge is 0.357 e. The number of pyridine rings is 1. The van der Waals surface area contributed by atoms with Crippen LogP contribution in [0.5, 0.6) is 0 Å². The number of piperidine rings is 1. The van der Waals surface area contributed by atoms with Gasteiger partial charge in [0.15, 0.2) is 0 Å². The van der Waals surface area contributed by atoms with Gasteiger partial charge < -0.3 is 15.1 Å². The summed E-state index contributed by atoms with van der Waals surface area (Å²) in [5.41, 5.74) is 1.77. The molecule has 1 fully saturated rings. The zero-order chi connectivity index (χ0) is 19.9. The summed E-state index contributed by atoms with van der Waals surface area (Å²) in [6, 6.07) is 16.2. The van der Waals surface area contributed by atoms with Gasteiger partial charge in [-0.05, 0) is 44.6 Å². The molecule has 6 nitrogen and oxygen atoms in total. The molecule has 1 N–H and O–H groups in total. The highest BCUT2D eigenvalue weighted by Gasteiger charge is 2.26. The molecule has 1 atom stereocenters. The molecule has 1 aliphatic rings. The van der Waals surface area contributed by atoms with Gasteiger partial charge in [-0.15, -0.1) is 0 Å². The van der Waals surface area contributed by atoms with Crippen LogP contribution in [-0.4, -0.2) is 49.5 Å². The minimum absolute atomic E-state index is 0.0354. The van der Waals surface area contributed by atoms with Crippen molar-refractivity contribution in [1.82, 2.24) is 15.2 Å². The molecule has 0 bridgehead atoms. The summed E-state index contributed by atoms with van der Waals surface area (Å²) in [4.78, 5) is 21.3. The number of anilines is 1. The van der Waals surface area contributed by atoms with E-state index in [1.807, 2.05) is 38.4 Å². The van der Waals surface area contributed by atoms with E-state index in [0.717, 1.165) is 31.7 Å². The van der Waals surface area contributed by atoms with Gasteiger partial charge in [0.25, 0.3) is 0 Å². The maximum Gasteiger partial charge on any atom is 0.223 e. The molecule has 28 heavy (non-hydrogen) atoms. The summed E-state index contributed by atoms with van der Waals surface area (Å²) in [5, 5.41) is 12.0. The molecule has 3 rings (SSSR count). The van der Waals surface area contributed by atoms with Crippen molar-refractivity contribution in [3.05, 3.63) is 59.8 Å². The lowest BCUT2D eigenvalue weighted by molar-refractivity contribution is -0.125. The molecule has 0 radical (unpaired) electrons. The number of rotatable bonds is 6. The molecule has 0 spiro atoms. The molecule has 146 valence electrons. The normalized spacial score (nSPS) is 15.9. The Morgan fingerprint density at radius 3 is 2.54 bits per heavy atom. The number of nitriles is 1. The van der Waals surface area contributed by atoms with Crippen LogP contribution in [0.2, 0.25) is 0 Å². The van der Waals surface area contributed by atoms with Crippen LogP contribution in [-0.2, 0) is 4.79 Å². The first-order valence-corrected chi connectivity index (χ1v) is 9.68. The molecular weight excluding hydrogens is 350 g/mol. The molecule has 6 heteroatoms. The number of hydrogen-bond acceptors (Lipinski definition) is 5. The highest BCUT2D eigenvalue weighted by molar-refractivity contribution is 5.79. The van der Waals surface area contributed by atoms with E-state index in [-0.39, 0.29) is 17.9 Å². The second-order valence-electron chi connectivity index (χ2n) is 7.41. The Morgan fingerprint density at radius 1 is 1.25 bits per heavy atom. The molecule has 0 saturated carbocycles. The Balaban J connectivity index is 1.51. The highest BCUT2D eigenvalue weighted by atomic mass is 16.1. The zero-order valence-corrected chi connectivity index (χ0v) is 16.5. The second-order valence-corrected chi connectivity index (χ2v) is 7.41. The first-order chi connectivity index (χ1) is 13.6. The van der Waals surface area contributed by atoms with Gasteiger partial charge in [0.2, 0.25) is 5.91 Å². The molecule has 1 aromatic carbocycles. The highest BCUT2D eigenvalue weighted by Crippen LogP contribution is 2.23. The van der Waals surface area contributed by atoms with Crippen molar-refractivity contribution in [3.63, 3.8) is 0 Å². The quantitative estimate of drug-likeness (QED) is 0.838. The van der Waals surface area contributed by atoms with Gasteiger partial charge in [-0.3, -0.25) is 4.79 Å². The van der Waals surface area contributed by atoms with Crippen LogP contribution in [0.25, 0.3) is 0 Å². The minimum atomic E-state index is 0.0354. The smallest absolute Gasteiger partial charge is 0.223 e. The summed E-state index contributed by atoms with van der Waals surface area (Å²) in [7, 11) is 4.07. The van der Waals surface area contributed by atoms with Gasteiger partial charge in [-0.2, -0.15) is 5.26 Å². The Morgan fingerprint density at radius 2 is 1.96 bits per heavy atom. The number of amides is 1. The number of carbonyl (C=O) groups excluding carboxylic acids is 1. The number of carbonyl (C=O) groups is 1. The van der Waals surface area contributed by atoms with Gasteiger partial charge in [0, 0.05) is 31.7 Å². The van der Waals surface area contributed by atoms with Crippen LogP contribution >= 0.6 is 0 Å². The summed E-state index contributed by atoms with van der Waals surface area (Å²) in [6.45, 7) is 2.20. The summed E-state index contributed by atoms with van der Waals surface area (Å²) >= 11 is 0. The van der Waals surface area contributed by atoms with Gasteiger partial charge in [0.1, 0.15) is 11.9 Å². The fourth-order valence-electron chi connectivity index (χ4n) is 3.63. The molecule has 1 amide bonds. The Bertz CT molecular complexity index is 805. The van der Waals surface area contributed by atoms with E-state index in [9.17, 15) is 4.79 Å². The van der Waals surface area contributed by atoms with Crippen molar-refractivity contribution in [1.29, 1.82) is 5.26 Å². The van der Waals surface area contributed by atoms with Gasteiger partial charge >= 0.3 is 0 Å². The van der Waals surface area contributed by atoms with Crippen LogP contribution in [0.4, 0.5) is 5.82 Å². The number of nitrogens with one attached hydrogen (secondary N) is 1. The van der Waals surface area contributed by atoms with Crippen molar-refractivity contribution in [3.8, 4) is 6.07 Å². The van der Waals surface area contributed by atoms with Crippen LogP contribution in [0, 0.1) is 17.2 Å². The summed E-state index contributed by atoms with van der Waals surface area (Å²) in [6.07, 6.45) is 3.22. The molecule has 2 aromatic rings. The van der Waals surface area contributed by atoms with Crippen LogP contribution < -0.4 is 10.2 Å². The van der Waals surface area contributed by atoms with E-state index in [0.29, 0.717) is 12.1 Å². The topological polar surface area (TPSA) is 72.3 Å². The number of benzene rings is 1. The molecule has 1 unspecified atom stereocenters. The van der Waals surface area contributed by atoms with Crippen molar-refractivity contribution < 1.29 is 4.79 Å². The van der Waals surface area contributed by atoms with E-state index in [1.165, 1.54) is 5.56 Å². The number of hydrogen-bond donors (Lipinski definition) is 1. The monoisotopic (exact) mass is 377 g/mol. The van der Waals surface area contributed by atoms with Crippen LogP contribution in [0.1, 0.15) is 30.0 Å². The zero-order valence-electron chi connectivity index (χ0n) is 16.5. The van der Waals surface area contributed by atoms with E-state index in [4.69, 9.17) is 5.26 Å². The average Bonchev–Trinajstić information content (AvgIpc) is 2.74. The lowest BCUT2D eigenvalue weighted by atomic mass is 9.95. The molecule has 2 heterocycles. The first kappa shape index (κ1) is 19.8. The molecular formula is C22H27N5O. The SMILES string of the molecule is CN(C)C(CNC(=O)C1CCN(c2ccc(C#N)cn2)CC1)c1ccccc1. The lowest BCUT2D eigenvalue weighted by Gasteiger charge is -2.33. The lowest BCUT2D eigenvalue weighted by Crippen LogP contribution is -2.43. The van der Waals surface area contributed by atoms with Crippen LogP contribution in [0.15, 0.2) is 48.7 Å². The van der Waals surface area contributed by atoms with Crippen LogP contribution in [0.3, 0.4) is 0 Å². The summed E-state index contributed by atoms with van der Waals surface area (Å²) in [5.74, 6) is 1.04. The standard InChI is InChI=1S/C22H27N5O/c1-26(2)20(18-6-4-3-5-7-18)16-25-22(28)19-10-12-27(13-11-19)21-9-8-17(14-23)15-24-21/h3-9,15,19-20H,10-13,16H2,1-2H3,(H,25,28). The second kappa shape index (κ2) is 9.34. The fraction of sp³-hybridized carbons (Fsp3) is 0.409. The van der Waals surface area contributed by atoms with E-state index < -0.39 is 0 Å². The van der Waals surface area contributed by atoms with Crippen molar-refractivity contribution in [2.24, 2.45) is 5.92 Å². The van der Waals surface area contributed by atoms with Gasteiger partial charge in [-0.1, -0.05) is 30.3 Å².